The van der Waals surface area contributed by atoms with E-state index in [9.17, 15) is 50.6 Å². The smallest absolute Gasteiger partial charge is 0.416 e. The van der Waals surface area contributed by atoms with E-state index in [1.807, 2.05) is 133 Å². The molecule has 0 atom stereocenters. The number of nitrogens with two attached hydrogens (primary N) is 1. The number of carboxylic acids is 1. The predicted molar refractivity (Wildman–Crippen MR) is 442 cm³/mol. The fourth-order valence-corrected chi connectivity index (χ4v) is 14.7. The van der Waals surface area contributed by atoms with Crippen LogP contribution in [0, 0.1) is 27.7 Å². The second kappa shape index (κ2) is 45.3. The van der Waals surface area contributed by atoms with Gasteiger partial charge in [0.2, 0.25) is 0 Å². The number of carbonyl (C=O) groups excluding carboxylic acids is 3. The average Bonchev–Trinajstić information content (AvgIpc) is 1.63. The van der Waals surface area contributed by atoms with Gasteiger partial charge in [-0.1, -0.05) is 92.4 Å². The number of halogens is 7. The quantitative estimate of drug-likeness (QED) is 0.0214. The number of aromatic amines is 1. The molecule has 4 fully saturated rings. The minimum Gasteiger partial charge on any atom is -0.478 e. The minimum absolute atomic E-state index is 0. The van der Waals surface area contributed by atoms with Crippen LogP contribution in [0.2, 0.25) is 0 Å². The van der Waals surface area contributed by atoms with Crippen LogP contribution in [-0.2, 0) is 60.4 Å². The first kappa shape index (κ1) is 91.2. The molecule has 0 saturated carbocycles. The average molecular weight is 1620 g/mol. The first-order valence-corrected chi connectivity index (χ1v) is 39.5. The fraction of sp³-hybridized carbons (Fsp3) is 0.448. The summed E-state index contributed by atoms with van der Waals surface area (Å²) in [6.07, 6.45) is -4.67. The number of nitrogens with zero attached hydrogens (tertiary/aromatic N) is 7. The molecule has 4 aliphatic heterocycles. The number of aryl methyl sites for hydroxylation is 4. The van der Waals surface area contributed by atoms with Gasteiger partial charge in [0.25, 0.3) is 5.91 Å². The van der Waals surface area contributed by atoms with Crippen LogP contribution in [0.25, 0.3) is 43.6 Å². The SMILES string of the molecule is C.CCOC(=O)c1c(C)[nH]c2ccccc12.CCOC(=O)c1c(C)n(CCCN2CCOCC2)c2ccccc12.Cc1c(C(=O)Nc2cccc(C(F)(F)F)c2)c2ccccc2n1CCCN1CCOCC1.Cc1c(C(=O)O)c2ccccc2n1CCCN1CCOCC1.ClCCCN1CCOCC1.Nc1cccc(C(F)(F)F)c1. The number of hydrogen-bond acceptors (Lipinski definition) is 15. The van der Waals surface area contributed by atoms with Gasteiger partial charge in [-0.05, 0) is 134 Å². The second-order valence-corrected chi connectivity index (χ2v) is 28.3. The van der Waals surface area contributed by atoms with Gasteiger partial charge in [0.05, 0.1) is 99.4 Å². The molecule has 8 heterocycles. The molecule has 0 radical (unpaired) electrons. The Morgan fingerprint density at radius 2 is 0.817 bits per heavy atom. The molecule has 0 aliphatic carbocycles. The van der Waals surface area contributed by atoms with E-state index in [0.29, 0.717) is 35.5 Å². The molecular formula is C87H111ClF6N10O11. The predicted octanol–water partition coefficient (Wildman–Crippen LogP) is 16.7. The molecule has 6 aromatic carbocycles. The molecule has 0 bridgehead atoms. The lowest BCUT2D eigenvalue weighted by molar-refractivity contribution is -0.138. The number of carboxylic acid groups (broad SMARTS) is 1. The molecule has 624 valence electrons. The number of para-hydroxylation sites is 4. The monoisotopic (exact) mass is 1620 g/mol. The van der Waals surface area contributed by atoms with Crippen molar-refractivity contribution in [2.75, 3.05) is 162 Å². The molecule has 10 aromatic rings. The van der Waals surface area contributed by atoms with Crippen LogP contribution in [0.15, 0.2) is 146 Å². The Morgan fingerprint density at radius 3 is 1.22 bits per heavy atom. The van der Waals surface area contributed by atoms with Crippen molar-refractivity contribution >= 4 is 90.4 Å². The summed E-state index contributed by atoms with van der Waals surface area (Å²) in [5.41, 5.74) is 13.7. The Labute approximate surface area is 674 Å². The van der Waals surface area contributed by atoms with Crippen molar-refractivity contribution in [3.8, 4) is 0 Å². The van der Waals surface area contributed by atoms with E-state index >= 15 is 0 Å². The molecule has 115 heavy (non-hydrogen) atoms. The number of carbonyl (C=O) groups is 4. The van der Waals surface area contributed by atoms with Crippen molar-refractivity contribution in [1.29, 1.82) is 0 Å². The van der Waals surface area contributed by atoms with E-state index in [0.717, 1.165) is 273 Å². The highest BCUT2D eigenvalue weighted by Gasteiger charge is 2.32. The number of benzene rings is 6. The third-order valence-electron chi connectivity index (χ3n) is 20.2. The largest absolute Gasteiger partial charge is 0.478 e. The number of fused-ring (bicyclic) bond motifs is 4. The lowest BCUT2D eigenvalue weighted by atomic mass is 10.1. The fourth-order valence-electron chi connectivity index (χ4n) is 14.5. The van der Waals surface area contributed by atoms with Crippen molar-refractivity contribution in [2.45, 2.75) is 107 Å². The van der Waals surface area contributed by atoms with Crippen molar-refractivity contribution < 1.29 is 79.0 Å². The van der Waals surface area contributed by atoms with Crippen molar-refractivity contribution in [3.63, 3.8) is 0 Å². The van der Waals surface area contributed by atoms with Gasteiger partial charge in [-0.2, -0.15) is 26.3 Å². The Morgan fingerprint density at radius 1 is 0.461 bits per heavy atom. The number of ether oxygens (including phenoxy) is 6. The number of nitrogen functional groups attached to an aromatic ring is 1. The Balaban J connectivity index is 0.000000180. The van der Waals surface area contributed by atoms with E-state index in [4.69, 9.17) is 45.8 Å². The van der Waals surface area contributed by atoms with Crippen molar-refractivity contribution in [3.05, 3.63) is 202 Å². The topological polar surface area (TPSA) is 225 Å². The summed E-state index contributed by atoms with van der Waals surface area (Å²) in [6.45, 7) is 33.4. The number of rotatable bonds is 22. The zero-order valence-corrected chi connectivity index (χ0v) is 66.7. The van der Waals surface area contributed by atoms with E-state index in [1.165, 1.54) is 24.3 Å². The lowest BCUT2D eigenvalue weighted by Gasteiger charge is -2.26. The Kier molecular flexibility index (Phi) is 35.9. The van der Waals surface area contributed by atoms with Crippen LogP contribution in [-0.4, -0.2) is 218 Å². The van der Waals surface area contributed by atoms with Crippen LogP contribution in [0.3, 0.4) is 0 Å². The molecular weight excluding hydrogens is 1510 g/mol. The number of esters is 2. The summed E-state index contributed by atoms with van der Waals surface area (Å²) in [7, 11) is 0. The summed E-state index contributed by atoms with van der Waals surface area (Å²) in [5.74, 6) is -0.965. The van der Waals surface area contributed by atoms with Gasteiger partial charge in [-0.15, -0.1) is 11.6 Å². The Hall–Kier alpha value is -9.29. The highest BCUT2D eigenvalue weighted by molar-refractivity contribution is 6.18. The molecule has 21 nitrogen and oxygen atoms in total. The second-order valence-electron chi connectivity index (χ2n) is 27.9. The number of aromatic carboxylic acids is 1. The van der Waals surface area contributed by atoms with Gasteiger partial charge in [-0.3, -0.25) is 24.4 Å². The zero-order chi connectivity index (χ0) is 81.7. The number of H-pyrrole nitrogens is 1. The zero-order valence-electron chi connectivity index (χ0n) is 66.0. The molecule has 0 spiro atoms. The highest BCUT2D eigenvalue weighted by atomic mass is 35.5. The minimum atomic E-state index is -4.47. The molecule has 14 rings (SSSR count). The van der Waals surface area contributed by atoms with E-state index in [2.05, 4.69) is 49.7 Å². The van der Waals surface area contributed by atoms with E-state index in [-0.39, 0.29) is 30.7 Å². The van der Waals surface area contributed by atoms with Gasteiger partial charge in [-0.25, -0.2) is 14.4 Å². The number of nitrogens with one attached hydrogen (secondary N) is 2. The van der Waals surface area contributed by atoms with Crippen LogP contribution < -0.4 is 11.1 Å². The van der Waals surface area contributed by atoms with Gasteiger partial charge in [0.1, 0.15) is 0 Å². The summed E-state index contributed by atoms with van der Waals surface area (Å²) in [5, 5.41) is 15.7. The maximum atomic E-state index is 13.1. The molecule has 4 aromatic heterocycles. The first-order valence-electron chi connectivity index (χ1n) is 39.0. The van der Waals surface area contributed by atoms with Crippen molar-refractivity contribution in [1.82, 2.24) is 38.3 Å². The molecule has 28 heteroatoms. The van der Waals surface area contributed by atoms with E-state index in [1.54, 1.807) is 0 Å². The molecule has 0 unspecified atom stereocenters. The number of aromatic nitrogens is 4. The van der Waals surface area contributed by atoms with Crippen LogP contribution in [0.1, 0.15) is 122 Å². The van der Waals surface area contributed by atoms with Crippen molar-refractivity contribution in [2.24, 2.45) is 0 Å². The maximum Gasteiger partial charge on any atom is 0.416 e. The van der Waals surface area contributed by atoms with E-state index < -0.39 is 35.4 Å². The van der Waals surface area contributed by atoms with Gasteiger partial charge >= 0.3 is 30.3 Å². The summed E-state index contributed by atoms with van der Waals surface area (Å²) in [6, 6.07) is 40.5. The lowest BCUT2D eigenvalue weighted by Crippen LogP contribution is -2.37. The van der Waals surface area contributed by atoms with Crippen LogP contribution in [0.4, 0.5) is 37.7 Å². The van der Waals surface area contributed by atoms with Crippen LogP contribution in [0.5, 0.6) is 0 Å². The number of amides is 1. The highest BCUT2D eigenvalue weighted by Crippen LogP contribution is 2.34. The maximum absolute atomic E-state index is 13.1. The number of anilines is 2. The van der Waals surface area contributed by atoms with Gasteiger partial charge < -0.3 is 63.3 Å². The third-order valence-corrected chi connectivity index (χ3v) is 20.5. The number of hydrogen-bond donors (Lipinski definition) is 4. The molecule has 4 aliphatic rings. The first-order chi connectivity index (χ1) is 54.9. The van der Waals surface area contributed by atoms with Gasteiger partial charge in [0, 0.05) is 175 Å². The standard InChI is InChI=1S/C24H26F3N3O2.C19H26N2O3.C17H22N2O3.C12H13NO2.C7H14ClNO.C7H6F3N.CH4/c1-17-22(23(31)28-19-7-4-6-18(16-19)24(25,26)27)20-8-2-3-9-21(20)30(17)11-5-10-29-12-14-32-15-13-29;1-3-24-19(22)18-15(2)21(17-8-5-4-7-16(17)18)10-6-9-20-11-13-23-14-12-20;1-13-16(17(20)21)14-5-2-3-6-15(14)19(13)8-4-7-18-9-11-22-12-10-18;1-3-15-12(14)11-8(2)13-10-7-5-4-6-9(10)11;8-2-1-3-9-4-6-10-7-5-9;8-7(9,10)5-2-1-3-6(11)4-5;/h2-4,6-9,16H,5,10-15H2,1H3,(H,28,31);4-5,7-8H,3,6,9-14H2,1-2H3;2-3,5-6H,4,7-12H2,1H3,(H,20,21);4-7,13H,3H2,1-2H3;1-7H2;1-4H,11H2;1H4. The summed E-state index contributed by atoms with van der Waals surface area (Å²) < 4.78 is 113. The molecule has 5 N–H and O–H groups in total. The number of morpholine rings is 4. The van der Waals surface area contributed by atoms with Gasteiger partial charge in [0.15, 0.2) is 0 Å². The summed E-state index contributed by atoms with van der Waals surface area (Å²) >= 11 is 5.56. The molecule has 4 saturated heterocycles. The summed E-state index contributed by atoms with van der Waals surface area (Å²) in [4.78, 5) is 61.5. The molecule has 1 amide bonds. The third kappa shape index (κ3) is 25.9. The number of alkyl halides is 7. The van der Waals surface area contributed by atoms with Crippen LogP contribution >= 0.6 is 11.6 Å². The normalized spacial score (nSPS) is 15.0. The Bertz CT molecular complexity index is 4730.